The molecule has 0 aliphatic heterocycles. The van der Waals surface area contributed by atoms with E-state index < -0.39 is 16.9 Å². The Balaban J connectivity index is 4.36. The fourth-order valence-electron chi connectivity index (χ4n) is 1.91. The fraction of sp³-hybridized carbons (Fsp3) is 0.769. The molecular formula is C13H25N3O3. The molecule has 0 aliphatic rings. The quantitative estimate of drug-likeness (QED) is 0.597. The van der Waals surface area contributed by atoms with Gasteiger partial charge in [-0.1, -0.05) is 27.7 Å². The monoisotopic (exact) mass is 271 g/mol. The molecule has 0 saturated heterocycles. The molecule has 0 radical (unpaired) electrons. The number of hydrogen-bond donors (Lipinski definition) is 3. The third-order valence-electron chi connectivity index (χ3n) is 3.16. The van der Waals surface area contributed by atoms with E-state index in [1.54, 1.807) is 13.8 Å². The first-order valence-electron chi connectivity index (χ1n) is 6.32. The highest BCUT2D eigenvalue weighted by Crippen LogP contribution is 2.34. The zero-order valence-corrected chi connectivity index (χ0v) is 12.4. The predicted octanol–water partition coefficient (Wildman–Crippen LogP) is 0.802. The summed E-state index contributed by atoms with van der Waals surface area (Å²) < 4.78 is 0. The summed E-state index contributed by atoms with van der Waals surface area (Å²) >= 11 is 0. The van der Waals surface area contributed by atoms with Crippen molar-refractivity contribution in [1.29, 1.82) is 0 Å². The van der Waals surface area contributed by atoms with Crippen molar-refractivity contribution in [3.05, 3.63) is 0 Å². The highest BCUT2D eigenvalue weighted by atomic mass is 16.2. The Labute approximate surface area is 114 Å². The number of Topliss-reactive ketones (excluding diaryl/α,β-unsaturated/α-hetero) is 1. The highest BCUT2D eigenvalue weighted by molar-refractivity contribution is 5.85. The minimum Gasteiger partial charge on any atom is -0.354 e. The standard InChI is InChI=1S/C13H25N3O3/c1-9(17)12(2,3)8-13(4,5)10(18)15-6-7-16-11(14)19/h6-8H2,1-5H3,(H,15,18)(H3,14,16,19). The summed E-state index contributed by atoms with van der Waals surface area (Å²) in [6.07, 6.45) is 0.463. The van der Waals surface area contributed by atoms with E-state index in [0.717, 1.165) is 0 Å². The molecule has 0 aromatic carbocycles. The van der Waals surface area contributed by atoms with Gasteiger partial charge in [0.1, 0.15) is 5.78 Å². The number of rotatable bonds is 7. The van der Waals surface area contributed by atoms with Crippen LogP contribution in [0.2, 0.25) is 0 Å². The molecule has 0 spiro atoms. The number of carbonyl (C=O) groups is 3. The second-order valence-electron chi connectivity index (χ2n) is 6.05. The molecule has 110 valence electrons. The number of primary amides is 1. The van der Waals surface area contributed by atoms with Gasteiger partial charge in [-0.3, -0.25) is 9.59 Å². The van der Waals surface area contributed by atoms with Crippen LogP contribution in [-0.4, -0.2) is 30.8 Å². The maximum Gasteiger partial charge on any atom is 0.312 e. The minimum atomic E-state index is -0.651. The van der Waals surface area contributed by atoms with Crippen molar-refractivity contribution < 1.29 is 14.4 Å². The lowest BCUT2D eigenvalue weighted by atomic mass is 9.72. The van der Waals surface area contributed by atoms with E-state index in [2.05, 4.69) is 10.6 Å². The number of ketones is 1. The van der Waals surface area contributed by atoms with Crippen LogP contribution in [0.15, 0.2) is 0 Å². The molecule has 0 bridgehead atoms. The molecule has 19 heavy (non-hydrogen) atoms. The third kappa shape index (κ3) is 6.22. The van der Waals surface area contributed by atoms with Crippen molar-refractivity contribution in [3.8, 4) is 0 Å². The molecule has 4 N–H and O–H groups in total. The molecule has 0 fully saturated rings. The molecule has 6 heteroatoms. The Bertz CT molecular complexity index is 362. The van der Waals surface area contributed by atoms with Crippen molar-refractivity contribution in [2.45, 2.75) is 41.0 Å². The first-order chi connectivity index (χ1) is 8.49. The topological polar surface area (TPSA) is 101 Å². The van der Waals surface area contributed by atoms with Gasteiger partial charge < -0.3 is 16.4 Å². The molecule has 0 unspecified atom stereocenters. The molecule has 0 rings (SSSR count). The van der Waals surface area contributed by atoms with Gasteiger partial charge >= 0.3 is 6.03 Å². The lowest BCUT2D eigenvalue weighted by Gasteiger charge is -2.32. The van der Waals surface area contributed by atoms with Gasteiger partial charge in [-0.05, 0) is 13.3 Å². The predicted molar refractivity (Wildman–Crippen MR) is 73.5 cm³/mol. The maximum absolute atomic E-state index is 12.0. The molecule has 0 aliphatic carbocycles. The van der Waals surface area contributed by atoms with E-state index in [9.17, 15) is 14.4 Å². The van der Waals surface area contributed by atoms with Gasteiger partial charge in [0.25, 0.3) is 0 Å². The summed E-state index contributed by atoms with van der Waals surface area (Å²) in [5.41, 5.74) is 3.73. The van der Waals surface area contributed by atoms with E-state index in [4.69, 9.17) is 5.73 Å². The normalized spacial score (nSPS) is 11.8. The lowest BCUT2D eigenvalue weighted by molar-refractivity contribution is -0.133. The van der Waals surface area contributed by atoms with Crippen LogP contribution >= 0.6 is 0 Å². The van der Waals surface area contributed by atoms with Crippen LogP contribution in [0.4, 0.5) is 4.79 Å². The largest absolute Gasteiger partial charge is 0.354 e. The number of hydrogen-bond acceptors (Lipinski definition) is 3. The van der Waals surface area contributed by atoms with Crippen LogP contribution in [0.25, 0.3) is 0 Å². The van der Waals surface area contributed by atoms with Crippen LogP contribution in [0, 0.1) is 10.8 Å². The first-order valence-corrected chi connectivity index (χ1v) is 6.32. The van der Waals surface area contributed by atoms with Crippen molar-refractivity contribution in [3.63, 3.8) is 0 Å². The van der Waals surface area contributed by atoms with Crippen molar-refractivity contribution >= 4 is 17.7 Å². The third-order valence-corrected chi connectivity index (χ3v) is 3.16. The van der Waals surface area contributed by atoms with Gasteiger partial charge in [0.15, 0.2) is 0 Å². The van der Waals surface area contributed by atoms with Crippen LogP contribution in [0.5, 0.6) is 0 Å². The summed E-state index contributed by atoms with van der Waals surface area (Å²) in [5, 5.41) is 5.11. The molecule has 0 saturated carbocycles. The average molecular weight is 271 g/mol. The Morgan fingerprint density at radius 1 is 0.947 bits per heavy atom. The van der Waals surface area contributed by atoms with Gasteiger partial charge in [-0.2, -0.15) is 0 Å². The van der Waals surface area contributed by atoms with E-state index in [1.165, 1.54) is 6.92 Å². The Hall–Kier alpha value is -1.59. The molecule has 6 nitrogen and oxygen atoms in total. The Morgan fingerprint density at radius 2 is 1.42 bits per heavy atom. The number of amides is 3. The molecule has 0 atom stereocenters. The summed E-state index contributed by atoms with van der Waals surface area (Å²) in [7, 11) is 0. The van der Waals surface area contributed by atoms with Crippen LogP contribution in [0.3, 0.4) is 0 Å². The Morgan fingerprint density at radius 3 is 1.84 bits per heavy atom. The zero-order chi connectivity index (χ0) is 15.3. The van der Waals surface area contributed by atoms with Crippen molar-refractivity contribution in [1.82, 2.24) is 10.6 Å². The lowest BCUT2D eigenvalue weighted by Crippen LogP contribution is -2.44. The summed E-state index contributed by atoms with van der Waals surface area (Å²) in [5.74, 6) is -0.0862. The second-order valence-corrected chi connectivity index (χ2v) is 6.05. The van der Waals surface area contributed by atoms with Crippen LogP contribution in [0.1, 0.15) is 41.0 Å². The number of urea groups is 1. The van der Waals surface area contributed by atoms with E-state index in [-0.39, 0.29) is 18.2 Å². The number of nitrogens with one attached hydrogen (secondary N) is 2. The summed E-state index contributed by atoms with van der Waals surface area (Å²) in [4.78, 5) is 34.0. The van der Waals surface area contributed by atoms with E-state index in [0.29, 0.717) is 13.0 Å². The number of carbonyl (C=O) groups excluding carboxylic acids is 3. The van der Waals surface area contributed by atoms with Gasteiger partial charge in [0, 0.05) is 23.9 Å². The maximum atomic E-state index is 12.0. The average Bonchev–Trinajstić information content (AvgIpc) is 2.21. The van der Waals surface area contributed by atoms with Crippen molar-refractivity contribution in [2.75, 3.05) is 13.1 Å². The molecule has 0 heterocycles. The van der Waals surface area contributed by atoms with Gasteiger partial charge in [-0.25, -0.2) is 4.79 Å². The highest BCUT2D eigenvalue weighted by Gasteiger charge is 2.36. The molecule has 0 aromatic heterocycles. The van der Waals surface area contributed by atoms with Crippen molar-refractivity contribution in [2.24, 2.45) is 16.6 Å². The second kappa shape index (κ2) is 6.54. The molecular weight excluding hydrogens is 246 g/mol. The fourth-order valence-corrected chi connectivity index (χ4v) is 1.91. The van der Waals surface area contributed by atoms with Crippen LogP contribution < -0.4 is 16.4 Å². The SMILES string of the molecule is CC(=O)C(C)(C)CC(C)(C)C(=O)NCCNC(N)=O. The van der Waals surface area contributed by atoms with Gasteiger partial charge in [0.2, 0.25) is 5.91 Å². The first kappa shape index (κ1) is 17.4. The molecule has 3 amide bonds. The van der Waals surface area contributed by atoms with Gasteiger partial charge in [0.05, 0.1) is 0 Å². The van der Waals surface area contributed by atoms with Crippen LogP contribution in [-0.2, 0) is 9.59 Å². The zero-order valence-electron chi connectivity index (χ0n) is 12.4. The minimum absolute atomic E-state index is 0.0590. The number of nitrogens with two attached hydrogens (primary N) is 1. The summed E-state index contributed by atoms with van der Waals surface area (Å²) in [6.45, 7) is 9.39. The Kier molecular flexibility index (Phi) is 5.99. The van der Waals surface area contributed by atoms with E-state index >= 15 is 0 Å². The molecule has 0 aromatic rings. The summed E-state index contributed by atoms with van der Waals surface area (Å²) in [6, 6.07) is -0.619. The smallest absolute Gasteiger partial charge is 0.312 e. The van der Waals surface area contributed by atoms with Gasteiger partial charge in [-0.15, -0.1) is 0 Å². The van der Waals surface area contributed by atoms with E-state index in [1.807, 2.05) is 13.8 Å².